The second-order valence-corrected chi connectivity index (χ2v) is 7.38. The van der Waals surface area contributed by atoms with E-state index in [-0.39, 0.29) is 4.90 Å². The predicted octanol–water partition coefficient (Wildman–Crippen LogP) is 1.38. The van der Waals surface area contributed by atoms with Crippen molar-refractivity contribution in [2.75, 3.05) is 11.4 Å². The highest BCUT2D eigenvalue weighted by molar-refractivity contribution is 7.92. The summed E-state index contributed by atoms with van der Waals surface area (Å²) in [7, 11) is -3.24. The molecule has 0 atom stereocenters. The van der Waals surface area contributed by atoms with Crippen LogP contribution in [0.25, 0.3) is 0 Å². The van der Waals surface area contributed by atoms with Crippen molar-refractivity contribution in [3.63, 3.8) is 0 Å². The summed E-state index contributed by atoms with van der Waals surface area (Å²) < 4.78 is 31.5. The average molecular weight is 338 g/mol. The first-order chi connectivity index (χ1) is 10.4. The SMILES string of the molecule is CN(c1ccc2c(c1)B(O)OC2)S(=O)(=O)c1ccc(Cl)cc1. The monoisotopic (exact) mass is 337 g/mol. The molecule has 2 aromatic carbocycles. The first kappa shape index (κ1) is 15.4. The van der Waals surface area contributed by atoms with Crippen molar-refractivity contribution in [2.24, 2.45) is 0 Å². The Balaban J connectivity index is 1.98. The van der Waals surface area contributed by atoms with Gasteiger partial charge >= 0.3 is 7.12 Å². The molecule has 0 radical (unpaired) electrons. The summed E-state index contributed by atoms with van der Waals surface area (Å²) >= 11 is 5.79. The van der Waals surface area contributed by atoms with Crippen LogP contribution in [0.5, 0.6) is 0 Å². The van der Waals surface area contributed by atoms with Gasteiger partial charge in [0.25, 0.3) is 10.0 Å². The van der Waals surface area contributed by atoms with Gasteiger partial charge in [-0.15, -0.1) is 0 Å². The van der Waals surface area contributed by atoms with Gasteiger partial charge in [-0.1, -0.05) is 17.7 Å². The molecule has 3 rings (SSSR count). The van der Waals surface area contributed by atoms with Gasteiger partial charge < -0.3 is 9.68 Å². The fourth-order valence-electron chi connectivity index (χ4n) is 2.30. The number of hydrogen-bond donors (Lipinski definition) is 1. The van der Waals surface area contributed by atoms with Crippen LogP contribution < -0.4 is 9.77 Å². The zero-order valence-corrected chi connectivity index (χ0v) is 13.3. The molecule has 0 unspecified atom stereocenters. The lowest BCUT2D eigenvalue weighted by Gasteiger charge is -2.20. The third-order valence-electron chi connectivity index (χ3n) is 3.63. The molecule has 1 aliphatic rings. The molecule has 22 heavy (non-hydrogen) atoms. The molecular formula is C14H13BClNO4S. The van der Waals surface area contributed by atoms with Gasteiger partial charge in [0.1, 0.15) is 0 Å². The number of halogens is 1. The van der Waals surface area contributed by atoms with Crippen molar-refractivity contribution in [3.8, 4) is 0 Å². The molecule has 0 saturated heterocycles. The smallest absolute Gasteiger partial charge is 0.423 e. The van der Waals surface area contributed by atoms with Crippen molar-refractivity contribution in [3.05, 3.63) is 53.1 Å². The molecule has 0 bridgehead atoms. The lowest BCUT2D eigenvalue weighted by Crippen LogP contribution is -2.31. The van der Waals surface area contributed by atoms with Gasteiger partial charge in [-0.2, -0.15) is 0 Å². The predicted molar refractivity (Wildman–Crippen MR) is 85.9 cm³/mol. The number of hydrogen-bond acceptors (Lipinski definition) is 4. The summed E-state index contributed by atoms with van der Waals surface area (Å²) in [6.07, 6.45) is 0. The second-order valence-electron chi connectivity index (χ2n) is 4.97. The van der Waals surface area contributed by atoms with E-state index in [0.29, 0.717) is 22.8 Å². The zero-order valence-electron chi connectivity index (χ0n) is 11.7. The van der Waals surface area contributed by atoms with Crippen LogP contribution in [-0.4, -0.2) is 27.6 Å². The first-order valence-electron chi connectivity index (χ1n) is 6.56. The lowest BCUT2D eigenvalue weighted by atomic mass is 9.79. The Morgan fingerprint density at radius 3 is 2.59 bits per heavy atom. The number of benzene rings is 2. The number of sulfonamides is 1. The summed E-state index contributed by atoms with van der Waals surface area (Å²) in [6.45, 7) is 0.324. The Kier molecular flexibility index (Phi) is 3.90. The van der Waals surface area contributed by atoms with Crippen LogP contribution in [-0.2, 0) is 21.3 Å². The number of nitrogens with zero attached hydrogens (tertiary/aromatic N) is 1. The fraction of sp³-hybridized carbons (Fsp3) is 0.143. The maximum atomic E-state index is 12.6. The number of anilines is 1. The molecule has 1 heterocycles. The Morgan fingerprint density at radius 1 is 1.23 bits per heavy atom. The van der Waals surface area contributed by atoms with Crippen LogP contribution in [0.1, 0.15) is 5.56 Å². The topological polar surface area (TPSA) is 66.8 Å². The van der Waals surface area contributed by atoms with Crippen molar-refractivity contribution in [1.82, 2.24) is 0 Å². The van der Waals surface area contributed by atoms with Crippen molar-refractivity contribution < 1.29 is 18.1 Å². The maximum absolute atomic E-state index is 12.6. The van der Waals surface area contributed by atoms with E-state index in [1.165, 1.54) is 35.6 Å². The van der Waals surface area contributed by atoms with E-state index >= 15 is 0 Å². The molecule has 0 aliphatic carbocycles. The molecule has 0 spiro atoms. The van der Waals surface area contributed by atoms with Crippen molar-refractivity contribution in [2.45, 2.75) is 11.5 Å². The summed E-state index contributed by atoms with van der Waals surface area (Å²) in [5.41, 5.74) is 1.91. The van der Waals surface area contributed by atoms with Crippen LogP contribution in [0.3, 0.4) is 0 Å². The number of rotatable bonds is 3. The third-order valence-corrected chi connectivity index (χ3v) is 5.68. The normalized spacial score (nSPS) is 14.0. The van der Waals surface area contributed by atoms with Crippen LogP contribution >= 0.6 is 11.6 Å². The largest absolute Gasteiger partial charge is 0.491 e. The highest BCUT2D eigenvalue weighted by Gasteiger charge is 2.29. The summed E-state index contributed by atoms with van der Waals surface area (Å²) in [5, 5.41) is 10.2. The highest BCUT2D eigenvalue weighted by Crippen LogP contribution is 2.24. The summed E-state index contributed by atoms with van der Waals surface area (Å²) in [5.74, 6) is 0. The Labute approximate surface area is 134 Å². The van der Waals surface area contributed by atoms with Gasteiger partial charge in [0.15, 0.2) is 0 Å². The highest BCUT2D eigenvalue weighted by atomic mass is 35.5. The van der Waals surface area contributed by atoms with Crippen LogP contribution in [0.2, 0.25) is 5.02 Å². The molecule has 2 aromatic rings. The van der Waals surface area contributed by atoms with Gasteiger partial charge in [0.05, 0.1) is 17.2 Å². The Morgan fingerprint density at radius 2 is 1.91 bits per heavy atom. The second kappa shape index (κ2) is 5.59. The van der Waals surface area contributed by atoms with Gasteiger partial charge in [-0.25, -0.2) is 8.42 Å². The molecule has 0 amide bonds. The Bertz CT molecular complexity index is 810. The van der Waals surface area contributed by atoms with Gasteiger partial charge in [-0.3, -0.25) is 4.31 Å². The minimum Gasteiger partial charge on any atom is -0.423 e. The zero-order chi connectivity index (χ0) is 15.9. The van der Waals surface area contributed by atoms with E-state index in [1.807, 2.05) is 0 Å². The molecule has 0 saturated carbocycles. The molecule has 1 aliphatic heterocycles. The standard InChI is InChI=1S/C14H13BClNO4S/c1-17(22(19,20)13-6-3-11(16)4-7-13)12-5-2-10-9-21-15(18)14(10)8-12/h2-8,18H,9H2,1H3. The average Bonchev–Trinajstić information content (AvgIpc) is 2.88. The molecule has 0 fully saturated rings. The summed E-state index contributed by atoms with van der Waals surface area (Å²) in [6, 6.07) is 11.0. The maximum Gasteiger partial charge on any atom is 0.491 e. The van der Waals surface area contributed by atoms with E-state index in [4.69, 9.17) is 16.3 Å². The molecule has 5 nitrogen and oxygen atoms in total. The van der Waals surface area contributed by atoms with E-state index in [2.05, 4.69) is 0 Å². The van der Waals surface area contributed by atoms with Gasteiger partial charge in [0.2, 0.25) is 0 Å². The number of fused-ring (bicyclic) bond motifs is 1. The Hall–Kier alpha value is -1.54. The van der Waals surface area contributed by atoms with E-state index in [9.17, 15) is 13.4 Å². The van der Waals surface area contributed by atoms with Crippen LogP contribution in [0.15, 0.2) is 47.4 Å². The fourth-order valence-corrected chi connectivity index (χ4v) is 3.61. The quantitative estimate of drug-likeness (QED) is 0.859. The van der Waals surface area contributed by atoms with Gasteiger partial charge in [0, 0.05) is 12.1 Å². The molecule has 0 aromatic heterocycles. The lowest BCUT2D eigenvalue weighted by molar-refractivity contribution is 0.275. The van der Waals surface area contributed by atoms with Gasteiger partial charge in [-0.05, 0) is 47.4 Å². The molecule has 8 heteroatoms. The molecule has 114 valence electrons. The minimum absolute atomic E-state index is 0.150. The molecule has 1 N–H and O–H groups in total. The molecular weight excluding hydrogens is 324 g/mol. The van der Waals surface area contributed by atoms with Crippen molar-refractivity contribution >= 4 is 39.9 Å². The van der Waals surface area contributed by atoms with Crippen molar-refractivity contribution in [1.29, 1.82) is 0 Å². The van der Waals surface area contributed by atoms with Crippen LogP contribution in [0.4, 0.5) is 5.69 Å². The van der Waals surface area contributed by atoms with E-state index < -0.39 is 17.1 Å². The minimum atomic E-state index is -3.69. The van der Waals surface area contributed by atoms with Crippen LogP contribution in [0, 0.1) is 0 Å². The first-order valence-corrected chi connectivity index (χ1v) is 8.38. The summed E-state index contributed by atoms with van der Waals surface area (Å²) in [4.78, 5) is 0.150. The van der Waals surface area contributed by atoms with E-state index in [0.717, 1.165) is 5.56 Å². The third kappa shape index (κ3) is 2.61. The van der Waals surface area contributed by atoms with E-state index in [1.54, 1.807) is 18.2 Å².